The van der Waals surface area contributed by atoms with Crippen LogP contribution in [0.1, 0.15) is 0 Å². The predicted octanol–water partition coefficient (Wildman–Crippen LogP) is 3.26. The van der Waals surface area contributed by atoms with Crippen molar-refractivity contribution in [2.45, 2.75) is 0 Å². The highest BCUT2D eigenvalue weighted by molar-refractivity contribution is 6.33. The molecule has 0 bridgehead atoms. The number of fused-ring (bicyclic) bond motifs is 1. The fourth-order valence-electron chi connectivity index (χ4n) is 2.09. The maximum atomic E-state index is 6.22. The Labute approximate surface area is 121 Å². The van der Waals surface area contributed by atoms with Gasteiger partial charge in [-0.2, -0.15) is 0 Å². The van der Waals surface area contributed by atoms with Gasteiger partial charge in [0.15, 0.2) is 11.6 Å². The second-order valence-electron chi connectivity index (χ2n) is 4.48. The predicted molar refractivity (Wildman–Crippen MR) is 82.6 cm³/mol. The Morgan fingerprint density at radius 1 is 1.00 bits per heavy atom. The van der Waals surface area contributed by atoms with Crippen molar-refractivity contribution < 1.29 is 0 Å². The van der Waals surface area contributed by atoms with Gasteiger partial charge < -0.3 is 0 Å². The average Bonchev–Trinajstić information content (AvgIpc) is 2.46. The minimum absolute atomic E-state index is 0.571. The van der Waals surface area contributed by atoms with Gasteiger partial charge in [0, 0.05) is 18.0 Å². The van der Waals surface area contributed by atoms with Crippen molar-refractivity contribution in [1.82, 2.24) is 9.97 Å². The van der Waals surface area contributed by atoms with Crippen molar-refractivity contribution >= 4 is 28.3 Å². The van der Waals surface area contributed by atoms with E-state index in [2.05, 4.69) is 9.97 Å². The summed E-state index contributed by atoms with van der Waals surface area (Å²) in [6.07, 6.45) is 0. The van der Waals surface area contributed by atoms with Gasteiger partial charge in [-0.15, -0.1) is 0 Å². The van der Waals surface area contributed by atoms with Crippen LogP contribution in [0.2, 0.25) is 5.02 Å². The molecule has 0 aliphatic heterocycles. The largest absolute Gasteiger partial charge is 0.297 e. The Balaban J connectivity index is 2.30. The van der Waals surface area contributed by atoms with Gasteiger partial charge in [0.05, 0.1) is 10.5 Å². The van der Waals surface area contributed by atoms with E-state index in [1.807, 2.05) is 48.5 Å². The van der Waals surface area contributed by atoms with E-state index in [4.69, 9.17) is 17.4 Å². The summed E-state index contributed by atoms with van der Waals surface area (Å²) >= 11 is 6.22. The lowest BCUT2D eigenvalue weighted by molar-refractivity contribution is 0.980. The highest BCUT2D eigenvalue weighted by Gasteiger charge is 2.12. The number of halogens is 1. The molecule has 0 spiro atoms. The minimum atomic E-state index is 0.571. The molecule has 0 atom stereocenters. The lowest BCUT2D eigenvalue weighted by atomic mass is 10.2. The lowest BCUT2D eigenvalue weighted by Gasteiger charge is -2.15. The zero-order valence-corrected chi connectivity index (χ0v) is 11.7. The van der Waals surface area contributed by atoms with Crippen LogP contribution in [0.15, 0.2) is 48.5 Å². The molecule has 3 rings (SSSR count). The molecule has 100 valence electrons. The molecule has 0 fully saturated rings. The number of para-hydroxylation sites is 1. The molecule has 0 radical (unpaired) electrons. The fourth-order valence-corrected chi connectivity index (χ4v) is 2.31. The third kappa shape index (κ3) is 2.19. The molecule has 3 aromatic rings. The lowest BCUT2D eigenvalue weighted by Crippen LogP contribution is -2.26. The molecule has 4 nitrogen and oxygen atoms in total. The van der Waals surface area contributed by atoms with Crippen molar-refractivity contribution in [3.05, 3.63) is 53.6 Å². The molecular formula is C15H13ClN4. The topological polar surface area (TPSA) is 55.0 Å². The molecule has 0 saturated carbocycles. The molecule has 0 aliphatic rings. The summed E-state index contributed by atoms with van der Waals surface area (Å²) in [6, 6.07) is 15.3. The van der Waals surface area contributed by atoms with Crippen molar-refractivity contribution in [2.24, 2.45) is 5.84 Å². The second-order valence-corrected chi connectivity index (χ2v) is 4.89. The Morgan fingerprint density at radius 3 is 2.45 bits per heavy atom. The maximum absolute atomic E-state index is 6.22. The number of hydrogen-bond acceptors (Lipinski definition) is 4. The van der Waals surface area contributed by atoms with Gasteiger partial charge >= 0.3 is 0 Å². The van der Waals surface area contributed by atoms with Crippen LogP contribution in [-0.4, -0.2) is 17.0 Å². The number of hydrazine groups is 1. The number of anilines is 1. The van der Waals surface area contributed by atoms with E-state index in [1.54, 1.807) is 7.05 Å². The molecule has 0 amide bonds. The van der Waals surface area contributed by atoms with E-state index in [0.29, 0.717) is 16.7 Å². The number of benzene rings is 2. The number of nitrogens with two attached hydrogens (primary N) is 1. The number of hydrogen-bond donors (Lipinski definition) is 1. The SMILES string of the molecule is CN(N)c1nc(-c2ccccc2Cl)nc2ccccc12. The molecule has 1 aromatic heterocycles. The third-order valence-corrected chi connectivity index (χ3v) is 3.36. The van der Waals surface area contributed by atoms with Crippen molar-refractivity contribution in [3.8, 4) is 11.4 Å². The van der Waals surface area contributed by atoms with Crippen LogP contribution in [0, 0.1) is 0 Å². The highest BCUT2D eigenvalue weighted by Crippen LogP contribution is 2.29. The van der Waals surface area contributed by atoms with Gasteiger partial charge in [0.25, 0.3) is 0 Å². The summed E-state index contributed by atoms with van der Waals surface area (Å²) in [5.41, 5.74) is 1.63. The van der Waals surface area contributed by atoms with Gasteiger partial charge in [0.2, 0.25) is 0 Å². The standard InChI is InChI=1S/C15H13ClN4/c1-20(17)15-11-7-3-5-9-13(11)18-14(19-15)10-6-2-4-8-12(10)16/h2-9H,17H2,1H3. The first-order chi connectivity index (χ1) is 9.66. The molecule has 0 aliphatic carbocycles. The average molecular weight is 285 g/mol. The van der Waals surface area contributed by atoms with Gasteiger partial charge in [-0.1, -0.05) is 35.9 Å². The third-order valence-electron chi connectivity index (χ3n) is 3.03. The van der Waals surface area contributed by atoms with Gasteiger partial charge in [-0.25, -0.2) is 15.8 Å². The van der Waals surface area contributed by atoms with Crippen LogP contribution >= 0.6 is 11.6 Å². The monoisotopic (exact) mass is 284 g/mol. The number of rotatable bonds is 2. The zero-order valence-electron chi connectivity index (χ0n) is 10.9. The number of aromatic nitrogens is 2. The van der Waals surface area contributed by atoms with Crippen LogP contribution < -0.4 is 10.9 Å². The van der Waals surface area contributed by atoms with Gasteiger partial charge in [-0.05, 0) is 24.3 Å². The van der Waals surface area contributed by atoms with Crippen LogP contribution in [-0.2, 0) is 0 Å². The Kier molecular flexibility index (Phi) is 3.26. The van der Waals surface area contributed by atoms with Crippen molar-refractivity contribution in [2.75, 3.05) is 12.1 Å². The molecule has 0 unspecified atom stereocenters. The second kappa shape index (κ2) is 5.07. The van der Waals surface area contributed by atoms with E-state index in [9.17, 15) is 0 Å². The molecule has 2 aromatic carbocycles. The summed E-state index contributed by atoms with van der Waals surface area (Å²) in [6.45, 7) is 0. The molecule has 1 heterocycles. The minimum Gasteiger partial charge on any atom is -0.297 e. The fraction of sp³-hybridized carbons (Fsp3) is 0.0667. The quantitative estimate of drug-likeness (QED) is 0.580. The summed E-state index contributed by atoms with van der Waals surface area (Å²) in [4.78, 5) is 9.11. The van der Waals surface area contributed by atoms with Crippen LogP contribution in [0.3, 0.4) is 0 Å². The van der Waals surface area contributed by atoms with Crippen LogP contribution in [0.5, 0.6) is 0 Å². The summed E-state index contributed by atoms with van der Waals surface area (Å²) in [7, 11) is 1.76. The van der Waals surface area contributed by atoms with Crippen LogP contribution in [0.4, 0.5) is 5.82 Å². The Morgan fingerprint density at radius 2 is 1.70 bits per heavy atom. The first kappa shape index (κ1) is 12.8. The summed E-state index contributed by atoms with van der Waals surface area (Å²) < 4.78 is 0. The molecule has 0 saturated heterocycles. The van der Waals surface area contributed by atoms with E-state index in [0.717, 1.165) is 16.5 Å². The highest BCUT2D eigenvalue weighted by atomic mass is 35.5. The van der Waals surface area contributed by atoms with Gasteiger partial charge in [0.1, 0.15) is 0 Å². The van der Waals surface area contributed by atoms with E-state index in [1.165, 1.54) is 5.01 Å². The van der Waals surface area contributed by atoms with Crippen molar-refractivity contribution in [3.63, 3.8) is 0 Å². The Hall–Kier alpha value is -2.17. The first-order valence-electron chi connectivity index (χ1n) is 6.17. The van der Waals surface area contributed by atoms with E-state index >= 15 is 0 Å². The Bertz CT molecular complexity index is 771. The van der Waals surface area contributed by atoms with Crippen molar-refractivity contribution in [1.29, 1.82) is 0 Å². The summed E-state index contributed by atoms with van der Waals surface area (Å²) in [5, 5.41) is 3.02. The van der Waals surface area contributed by atoms with Crippen LogP contribution in [0.25, 0.3) is 22.3 Å². The van der Waals surface area contributed by atoms with E-state index < -0.39 is 0 Å². The first-order valence-corrected chi connectivity index (χ1v) is 6.55. The normalized spacial score (nSPS) is 10.8. The molecule has 20 heavy (non-hydrogen) atoms. The zero-order chi connectivity index (χ0) is 14.1. The molecular weight excluding hydrogens is 272 g/mol. The smallest absolute Gasteiger partial charge is 0.163 e. The molecule has 2 N–H and O–H groups in total. The van der Waals surface area contributed by atoms with Gasteiger partial charge in [-0.3, -0.25) is 5.01 Å². The maximum Gasteiger partial charge on any atom is 0.163 e. The van der Waals surface area contributed by atoms with E-state index in [-0.39, 0.29) is 0 Å². The number of nitrogens with zero attached hydrogens (tertiary/aromatic N) is 3. The summed E-state index contributed by atoms with van der Waals surface area (Å²) in [5.74, 6) is 7.12. The molecule has 5 heteroatoms.